The summed E-state index contributed by atoms with van der Waals surface area (Å²) in [7, 11) is 0. The number of amides is 1. The minimum absolute atomic E-state index is 0.0300. The molecular formula is C28H25ClFNO4. The third kappa shape index (κ3) is 4.63. The van der Waals surface area contributed by atoms with Crippen molar-refractivity contribution >= 4 is 23.5 Å². The van der Waals surface area contributed by atoms with Crippen LogP contribution in [0.4, 0.5) is 4.39 Å². The first-order valence-corrected chi connectivity index (χ1v) is 12.0. The van der Waals surface area contributed by atoms with E-state index in [0.717, 1.165) is 17.5 Å². The molecule has 0 spiro atoms. The van der Waals surface area contributed by atoms with Crippen molar-refractivity contribution < 1.29 is 23.8 Å². The van der Waals surface area contributed by atoms with E-state index in [0.29, 0.717) is 29.3 Å². The highest BCUT2D eigenvalue weighted by Crippen LogP contribution is 2.51. The van der Waals surface area contributed by atoms with Gasteiger partial charge >= 0.3 is 5.97 Å². The topological polar surface area (TPSA) is 66.8 Å². The molecule has 3 unspecified atom stereocenters. The molecule has 1 amide bonds. The summed E-state index contributed by atoms with van der Waals surface area (Å²) in [6.45, 7) is 1.95. The molecule has 1 saturated carbocycles. The van der Waals surface area contributed by atoms with E-state index in [1.54, 1.807) is 24.3 Å². The Bertz CT molecular complexity index is 1310. The summed E-state index contributed by atoms with van der Waals surface area (Å²) in [4.78, 5) is 26.9. The van der Waals surface area contributed by atoms with Crippen molar-refractivity contribution in [1.82, 2.24) is 4.90 Å². The van der Waals surface area contributed by atoms with Crippen molar-refractivity contribution in [3.05, 3.63) is 99.3 Å². The molecule has 1 N–H and O–H groups in total. The first-order chi connectivity index (χ1) is 16.8. The van der Waals surface area contributed by atoms with E-state index in [1.807, 2.05) is 17.0 Å². The number of halogens is 2. The van der Waals surface area contributed by atoms with Crippen molar-refractivity contribution in [2.45, 2.75) is 31.7 Å². The number of nitrogens with zero attached hydrogens (tertiary/aromatic N) is 1. The molecular weight excluding hydrogens is 469 g/mol. The standard InChI is InChI=1S/C28H25ClFNO4/c1-16-4-2-3-5-20(16)22-14-23(22)28(34)31-11-10-17-12-19(30)7-8-21(17)27(31)24-13-18(29)6-9-25(24)35-15-26(32)33/h2-9,12-13,22-23,27H,10-11,14-15H2,1H3,(H,32,33). The largest absolute Gasteiger partial charge is 0.482 e. The number of ether oxygens (including phenoxy) is 1. The van der Waals surface area contributed by atoms with Crippen LogP contribution < -0.4 is 4.74 Å². The molecule has 35 heavy (non-hydrogen) atoms. The lowest BCUT2D eigenvalue weighted by molar-refractivity contribution is -0.139. The maximum Gasteiger partial charge on any atom is 0.341 e. The molecule has 3 atom stereocenters. The van der Waals surface area contributed by atoms with E-state index in [1.165, 1.54) is 23.3 Å². The number of rotatable bonds is 6. The Morgan fingerprint density at radius 1 is 1.09 bits per heavy atom. The van der Waals surface area contributed by atoms with Gasteiger partial charge in [0.1, 0.15) is 11.6 Å². The number of hydrogen-bond donors (Lipinski definition) is 1. The van der Waals surface area contributed by atoms with E-state index in [2.05, 4.69) is 19.1 Å². The van der Waals surface area contributed by atoms with Gasteiger partial charge in [-0.25, -0.2) is 9.18 Å². The summed E-state index contributed by atoms with van der Waals surface area (Å²) in [5, 5.41) is 9.58. The first-order valence-electron chi connectivity index (χ1n) is 11.6. The molecule has 1 aliphatic heterocycles. The summed E-state index contributed by atoms with van der Waals surface area (Å²) in [6.07, 6.45) is 1.31. The molecule has 180 valence electrons. The average Bonchev–Trinajstić information content (AvgIpc) is 3.63. The number of fused-ring (bicyclic) bond motifs is 1. The van der Waals surface area contributed by atoms with Gasteiger partial charge in [0.25, 0.3) is 0 Å². The van der Waals surface area contributed by atoms with Gasteiger partial charge in [-0.3, -0.25) is 4.79 Å². The molecule has 2 aliphatic rings. The molecule has 5 rings (SSSR count). The van der Waals surface area contributed by atoms with Gasteiger partial charge in [-0.1, -0.05) is 41.9 Å². The number of hydrogen-bond acceptors (Lipinski definition) is 3. The fourth-order valence-corrected chi connectivity index (χ4v) is 5.38. The number of aliphatic carboxylic acids is 1. The summed E-state index contributed by atoms with van der Waals surface area (Å²) in [6, 6.07) is 17.1. The molecule has 0 radical (unpaired) electrons. The Morgan fingerprint density at radius 2 is 1.89 bits per heavy atom. The third-order valence-electron chi connectivity index (χ3n) is 6.93. The smallest absolute Gasteiger partial charge is 0.341 e. The number of aryl methyl sites for hydroxylation is 1. The molecule has 1 fully saturated rings. The Labute approximate surface area is 208 Å². The highest BCUT2D eigenvalue weighted by atomic mass is 35.5. The molecule has 7 heteroatoms. The molecule has 1 heterocycles. The fraction of sp³-hybridized carbons (Fsp3) is 0.286. The molecule has 0 aromatic heterocycles. The van der Waals surface area contributed by atoms with Crippen molar-refractivity contribution in [2.24, 2.45) is 5.92 Å². The highest BCUT2D eigenvalue weighted by Gasteiger charge is 2.48. The summed E-state index contributed by atoms with van der Waals surface area (Å²) in [5.41, 5.74) is 4.56. The second-order valence-electron chi connectivity index (χ2n) is 9.20. The van der Waals surface area contributed by atoms with E-state index < -0.39 is 18.6 Å². The van der Waals surface area contributed by atoms with Crippen LogP contribution in [0.15, 0.2) is 60.7 Å². The minimum Gasteiger partial charge on any atom is -0.482 e. The van der Waals surface area contributed by atoms with Crippen LogP contribution in [0.5, 0.6) is 5.75 Å². The number of carbonyl (C=O) groups is 2. The lowest BCUT2D eigenvalue weighted by atomic mass is 9.87. The Hall–Kier alpha value is -3.38. The third-order valence-corrected chi connectivity index (χ3v) is 7.16. The second kappa shape index (κ2) is 9.34. The van der Waals surface area contributed by atoms with Crippen LogP contribution in [0.1, 0.15) is 46.2 Å². The Balaban J connectivity index is 1.54. The van der Waals surface area contributed by atoms with Crippen molar-refractivity contribution in [3.63, 3.8) is 0 Å². The van der Waals surface area contributed by atoms with Gasteiger partial charge in [0.2, 0.25) is 5.91 Å². The maximum absolute atomic E-state index is 14.1. The lowest BCUT2D eigenvalue weighted by Gasteiger charge is -2.38. The van der Waals surface area contributed by atoms with Crippen LogP contribution in [-0.4, -0.2) is 35.0 Å². The summed E-state index contributed by atoms with van der Waals surface area (Å²) in [5.74, 6) is -1.05. The van der Waals surface area contributed by atoms with E-state index in [4.69, 9.17) is 21.4 Å². The molecule has 3 aromatic carbocycles. The lowest BCUT2D eigenvalue weighted by Crippen LogP contribution is -2.42. The predicted octanol–water partition coefficient (Wildman–Crippen LogP) is 5.53. The van der Waals surface area contributed by atoms with Crippen molar-refractivity contribution in [3.8, 4) is 5.75 Å². The highest BCUT2D eigenvalue weighted by molar-refractivity contribution is 6.30. The second-order valence-corrected chi connectivity index (χ2v) is 9.63. The molecule has 1 aliphatic carbocycles. The zero-order chi connectivity index (χ0) is 24.7. The van der Waals surface area contributed by atoms with Crippen LogP contribution in [0, 0.1) is 18.7 Å². The van der Waals surface area contributed by atoms with Gasteiger partial charge in [0.15, 0.2) is 6.61 Å². The van der Waals surface area contributed by atoms with Crippen LogP contribution >= 0.6 is 11.6 Å². The number of carbonyl (C=O) groups excluding carboxylic acids is 1. The molecule has 0 saturated heterocycles. The average molecular weight is 494 g/mol. The zero-order valence-electron chi connectivity index (χ0n) is 19.2. The van der Waals surface area contributed by atoms with Crippen molar-refractivity contribution in [2.75, 3.05) is 13.2 Å². The quantitative estimate of drug-likeness (QED) is 0.490. The molecule has 5 nitrogen and oxygen atoms in total. The minimum atomic E-state index is -1.11. The SMILES string of the molecule is Cc1ccccc1C1CC1C(=O)N1CCc2cc(F)ccc2C1c1cc(Cl)ccc1OCC(=O)O. The Morgan fingerprint density at radius 3 is 2.66 bits per heavy atom. The number of carboxylic acids is 1. The van der Waals surface area contributed by atoms with Crippen LogP contribution in [0.25, 0.3) is 0 Å². The summed E-state index contributed by atoms with van der Waals surface area (Å²) < 4.78 is 19.6. The van der Waals surface area contributed by atoms with Crippen LogP contribution in [0.2, 0.25) is 5.02 Å². The fourth-order valence-electron chi connectivity index (χ4n) is 5.20. The first kappa shape index (κ1) is 23.4. The van der Waals surface area contributed by atoms with Gasteiger partial charge in [0, 0.05) is 23.0 Å². The van der Waals surface area contributed by atoms with Gasteiger partial charge in [-0.2, -0.15) is 0 Å². The van der Waals surface area contributed by atoms with Crippen LogP contribution in [0.3, 0.4) is 0 Å². The molecule has 0 bridgehead atoms. The van der Waals surface area contributed by atoms with Gasteiger partial charge in [-0.15, -0.1) is 0 Å². The summed E-state index contributed by atoms with van der Waals surface area (Å²) >= 11 is 6.34. The van der Waals surface area contributed by atoms with Gasteiger partial charge in [-0.05, 0) is 78.3 Å². The van der Waals surface area contributed by atoms with Gasteiger partial charge in [0.05, 0.1) is 6.04 Å². The Kier molecular flexibility index (Phi) is 6.24. The van der Waals surface area contributed by atoms with E-state index in [-0.39, 0.29) is 23.6 Å². The van der Waals surface area contributed by atoms with E-state index in [9.17, 15) is 14.0 Å². The molecule has 3 aromatic rings. The number of benzene rings is 3. The van der Waals surface area contributed by atoms with Crippen molar-refractivity contribution in [1.29, 1.82) is 0 Å². The predicted molar refractivity (Wildman–Crippen MR) is 130 cm³/mol. The monoisotopic (exact) mass is 493 g/mol. The van der Waals surface area contributed by atoms with Crippen LogP contribution in [-0.2, 0) is 16.0 Å². The maximum atomic E-state index is 14.1. The zero-order valence-corrected chi connectivity index (χ0v) is 20.0. The van der Waals surface area contributed by atoms with E-state index >= 15 is 0 Å². The number of carboxylic acid groups (broad SMARTS) is 1. The van der Waals surface area contributed by atoms with Gasteiger partial charge < -0.3 is 14.7 Å². The normalized spacial score (nSPS) is 20.8.